The molecule has 0 fully saturated rings. The molecule has 0 N–H and O–H groups in total. The van der Waals surface area contributed by atoms with Crippen molar-refractivity contribution in [1.29, 1.82) is 0 Å². The minimum Gasteiger partial charge on any atom is -0.456 e. The lowest BCUT2D eigenvalue weighted by Gasteiger charge is -2.40. The molecule has 9 rings (SSSR count). The second-order valence-electron chi connectivity index (χ2n) is 12.0. The van der Waals surface area contributed by atoms with Gasteiger partial charge in [0.1, 0.15) is 11.5 Å². The Morgan fingerprint density at radius 1 is 0.390 bits per heavy atom. The van der Waals surface area contributed by atoms with Crippen molar-refractivity contribution in [3.8, 4) is 44.9 Å². The topological polar surface area (TPSA) is 9.23 Å². The van der Waals surface area contributed by atoms with Crippen molar-refractivity contribution in [2.75, 3.05) is 0 Å². The molecule has 0 atom stereocenters. The summed E-state index contributed by atoms with van der Waals surface area (Å²) in [5.41, 5.74) is 14.9. The number of hydrogen-bond acceptors (Lipinski definition) is 1. The van der Waals surface area contributed by atoms with Gasteiger partial charge >= 0.3 is 0 Å². The smallest absolute Gasteiger partial charge is 0.140 e. The van der Waals surface area contributed by atoms with Crippen LogP contribution in [0.25, 0.3) is 33.4 Å². The molecule has 1 heterocycles. The van der Waals surface area contributed by atoms with Gasteiger partial charge in [-0.3, -0.25) is 0 Å². The lowest BCUT2D eigenvalue weighted by atomic mass is 9.65. The zero-order chi connectivity index (χ0) is 27.3. The van der Waals surface area contributed by atoms with Crippen LogP contribution in [-0.4, -0.2) is 0 Å². The van der Waals surface area contributed by atoms with Crippen LogP contribution >= 0.6 is 0 Å². The van der Waals surface area contributed by atoms with Crippen LogP contribution in [0.5, 0.6) is 11.5 Å². The molecule has 1 spiro atoms. The Balaban J connectivity index is 1.39. The van der Waals surface area contributed by atoms with Crippen LogP contribution in [0.1, 0.15) is 47.2 Å². The molecule has 0 amide bonds. The van der Waals surface area contributed by atoms with Crippen LogP contribution in [0.2, 0.25) is 0 Å². The van der Waals surface area contributed by atoms with Crippen LogP contribution in [0.3, 0.4) is 0 Å². The Kier molecular flexibility index (Phi) is 4.39. The largest absolute Gasteiger partial charge is 0.456 e. The molecule has 0 saturated carbocycles. The Morgan fingerprint density at radius 3 is 1.51 bits per heavy atom. The molecular weight excluding hydrogens is 496 g/mol. The van der Waals surface area contributed by atoms with E-state index >= 15 is 0 Å². The number of ether oxygens (including phenoxy) is 1. The lowest BCUT2D eigenvalue weighted by Crippen LogP contribution is -2.32. The van der Waals surface area contributed by atoms with E-state index in [1.165, 1.54) is 61.2 Å². The fourth-order valence-electron chi connectivity index (χ4n) is 8.16. The van der Waals surface area contributed by atoms with Crippen LogP contribution < -0.4 is 4.74 Å². The summed E-state index contributed by atoms with van der Waals surface area (Å²) in [6.45, 7) is 4.72. The predicted molar refractivity (Wildman–Crippen MR) is 167 cm³/mol. The normalized spacial score (nSPS) is 15.7. The first kappa shape index (κ1) is 22.9. The van der Waals surface area contributed by atoms with Crippen molar-refractivity contribution in [1.82, 2.24) is 0 Å². The number of para-hydroxylation sites is 2. The monoisotopic (exact) mass is 524 g/mol. The van der Waals surface area contributed by atoms with Crippen molar-refractivity contribution in [3.05, 3.63) is 167 Å². The summed E-state index contributed by atoms with van der Waals surface area (Å²) >= 11 is 0. The molecule has 1 aliphatic heterocycles. The van der Waals surface area contributed by atoms with E-state index in [4.69, 9.17) is 4.74 Å². The maximum absolute atomic E-state index is 6.98. The third-order valence-corrected chi connectivity index (χ3v) is 9.74. The summed E-state index contributed by atoms with van der Waals surface area (Å²) in [7, 11) is 0. The van der Waals surface area contributed by atoms with E-state index in [0.717, 1.165) is 17.1 Å². The number of benzene rings is 6. The van der Waals surface area contributed by atoms with Crippen LogP contribution in [-0.2, 0) is 10.8 Å². The van der Waals surface area contributed by atoms with Crippen molar-refractivity contribution in [3.63, 3.8) is 0 Å². The molecule has 0 aromatic heterocycles. The SMILES string of the molecule is CC1(C)c2ccccc2-c2cccc(-c3cccc4c3Oc3ccccc3C43c4ccccc4-c4ccccc43)c21. The van der Waals surface area contributed by atoms with E-state index in [1.54, 1.807) is 0 Å². The molecule has 1 nitrogen and oxygen atoms in total. The maximum atomic E-state index is 6.98. The van der Waals surface area contributed by atoms with Crippen molar-refractivity contribution in [2.24, 2.45) is 0 Å². The van der Waals surface area contributed by atoms with E-state index in [-0.39, 0.29) is 5.41 Å². The first-order valence-corrected chi connectivity index (χ1v) is 14.5. The third-order valence-electron chi connectivity index (χ3n) is 9.74. The van der Waals surface area contributed by atoms with Crippen molar-refractivity contribution in [2.45, 2.75) is 24.7 Å². The lowest BCUT2D eigenvalue weighted by molar-refractivity contribution is 0.438. The van der Waals surface area contributed by atoms with Gasteiger partial charge in [0, 0.05) is 22.1 Å². The highest BCUT2D eigenvalue weighted by molar-refractivity contribution is 5.93. The zero-order valence-corrected chi connectivity index (χ0v) is 23.1. The van der Waals surface area contributed by atoms with Crippen molar-refractivity contribution < 1.29 is 4.74 Å². The molecule has 194 valence electrons. The van der Waals surface area contributed by atoms with Gasteiger partial charge in [-0.1, -0.05) is 141 Å². The van der Waals surface area contributed by atoms with Crippen LogP contribution in [0.15, 0.2) is 133 Å². The Hall–Kier alpha value is -4.88. The summed E-state index contributed by atoms with van der Waals surface area (Å²) in [5, 5.41) is 0. The van der Waals surface area contributed by atoms with Gasteiger partial charge in [-0.2, -0.15) is 0 Å². The molecule has 0 radical (unpaired) electrons. The highest BCUT2D eigenvalue weighted by atomic mass is 16.5. The number of rotatable bonds is 1. The predicted octanol–water partition coefficient (Wildman–Crippen LogP) is 10.1. The highest BCUT2D eigenvalue weighted by Gasteiger charge is 2.51. The Bertz CT molecular complexity index is 2020. The minimum atomic E-state index is -0.455. The average molecular weight is 525 g/mol. The first-order valence-electron chi connectivity index (χ1n) is 14.5. The molecule has 6 aromatic rings. The van der Waals surface area contributed by atoms with Crippen LogP contribution in [0.4, 0.5) is 0 Å². The molecule has 41 heavy (non-hydrogen) atoms. The average Bonchev–Trinajstić information content (AvgIpc) is 3.44. The van der Waals surface area contributed by atoms with Gasteiger partial charge in [-0.05, 0) is 56.1 Å². The molecule has 3 aliphatic rings. The summed E-state index contributed by atoms with van der Waals surface area (Å²) in [6, 6.07) is 48.9. The first-order chi connectivity index (χ1) is 20.1. The fraction of sp³-hybridized carbons (Fsp3) is 0.100. The maximum Gasteiger partial charge on any atom is 0.140 e. The summed E-state index contributed by atoms with van der Waals surface area (Å²) in [6.07, 6.45) is 0. The van der Waals surface area contributed by atoms with E-state index in [2.05, 4.69) is 147 Å². The van der Waals surface area contributed by atoms with Gasteiger partial charge in [-0.25, -0.2) is 0 Å². The summed E-state index contributed by atoms with van der Waals surface area (Å²) in [5.74, 6) is 1.88. The second kappa shape index (κ2) is 7.86. The molecule has 6 aromatic carbocycles. The number of hydrogen-bond donors (Lipinski definition) is 0. The zero-order valence-electron chi connectivity index (χ0n) is 23.1. The Labute approximate surface area is 240 Å². The second-order valence-corrected chi connectivity index (χ2v) is 12.0. The molecule has 2 aliphatic carbocycles. The van der Waals surface area contributed by atoms with Gasteiger partial charge in [0.2, 0.25) is 0 Å². The van der Waals surface area contributed by atoms with Gasteiger partial charge in [0.25, 0.3) is 0 Å². The van der Waals surface area contributed by atoms with Gasteiger partial charge in [-0.15, -0.1) is 0 Å². The molecule has 0 saturated heterocycles. The third kappa shape index (κ3) is 2.71. The summed E-state index contributed by atoms with van der Waals surface area (Å²) < 4.78 is 6.98. The highest BCUT2D eigenvalue weighted by Crippen LogP contribution is 2.63. The Morgan fingerprint density at radius 2 is 0.829 bits per heavy atom. The molecule has 0 unspecified atom stereocenters. The van der Waals surface area contributed by atoms with Gasteiger partial charge in [0.05, 0.1) is 5.41 Å². The van der Waals surface area contributed by atoms with Gasteiger partial charge < -0.3 is 4.74 Å². The molecular formula is C40H28O. The van der Waals surface area contributed by atoms with Gasteiger partial charge in [0.15, 0.2) is 0 Å². The van der Waals surface area contributed by atoms with Crippen LogP contribution in [0, 0.1) is 0 Å². The standard InChI is InChI=1S/C40H28O/c1-39(2)31-19-6-3-15-27(31)28-16-11-17-29(37(28)39)30-18-12-23-35-38(30)41-36-24-10-9-22-34(36)40(35)32-20-7-4-13-25(32)26-14-5-8-21-33(26)40/h3-24H,1-2H3. The summed E-state index contributed by atoms with van der Waals surface area (Å²) in [4.78, 5) is 0. The quantitative estimate of drug-likeness (QED) is 0.208. The van der Waals surface area contributed by atoms with Crippen molar-refractivity contribution >= 4 is 0 Å². The fourth-order valence-corrected chi connectivity index (χ4v) is 8.16. The minimum absolute atomic E-state index is 0.123. The van der Waals surface area contributed by atoms with E-state index in [0.29, 0.717) is 0 Å². The van der Waals surface area contributed by atoms with E-state index < -0.39 is 5.41 Å². The van der Waals surface area contributed by atoms with E-state index in [9.17, 15) is 0 Å². The number of fused-ring (bicyclic) bond motifs is 12. The molecule has 1 heteroatoms. The van der Waals surface area contributed by atoms with E-state index in [1.807, 2.05) is 0 Å². The molecule has 0 bridgehead atoms.